The van der Waals surface area contributed by atoms with Gasteiger partial charge in [0.2, 0.25) is 0 Å². The molecule has 0 aliphatic heterocycles. The first-order valence-electron chi connectivity index (χ1n) is 8.43. The van der Waals surface area contributed by atoms with Crippen LogP contribution in [0.15, 0.2) is 59.4 Å². The molecular weight excluding hydrogens is 392 g/mol. The van der Waals surface area contributed by atoms with Crippen molar-refractivity contribution < 1.29 is 4.74 Å². The Kier molecular flexibility index (Phi) is 5.05. The standard InChI is InChI=1S/C20H16N4O2S2/c1-26-15-9-7-13(8-10-15)11-16-19(25)21-18(28-16)12-17-22-23-20(27)24(17)14-5-3-2-4-6-14/h2-12H,1H3,(H,21,25)(H,23,27)/b16-11-,18-12+. The summed E-state index contributed by atoms with van der Waals surface area (Å²) in [6.07, 6.45) is 3.64. The number of nitrogens with one attached hydrogen (secondary N) is 2. The van der Waals surface area contributed by atoms with Crippen molar-refractivity contribution in [1.29, 1.82) is 0 Å². The Labute approximate surface area is 169 Å². The molecule has 6 nitrogen and oxygen atoms in total. The van der Waals surface area contributed by atoms with Gasteiger partial charge in [0.25, 0.3) is 5.56 Å². The molecular formula is C20H16N4O2S2. The number of nitrogens with zero attached hydrogens (tertiary/aromatic N) is 2. The number of para-hydroxylation sites is 1. The van der Waals surface area contributed by atoms with Crippen LogP contribution in [0.4, 0.5) is 0 Å². The Balaban J connectivity index is 1.77. The number of benzene rings is 2. The van der Waals surface area contributed by atoms with Gasteiger partial charge in [0, 0.05) is 11.8 Å². The molecule has 2 N–H and O–H groups in total. The van der Waals surface area contributed by atoms with Crippen molar-refractivity contribution in [2.24, 2.45) is 0 Å². The predicted octanol–water partition coefficient (Wildman–Crippen LogP) is 2.35. The van der Waals surface area contributed by atoms with E-state index in [1.54, 1.807) is 13.2 Å². The Morgan fingerprint density at radius 3 is 2.57 bits per heavy atom. The van der Waals surface area contributed by atoms with E-state index in [1.807, 2.05) is 65.2 Å². The van der Waals surface area contributed by atoms with Gasteiger partial charge in [0.15, 0.2) is 10.6 Å². The quantitative estimate of drug-likeness (QED) is 0.508. The van der Waals surface area contributed by atoms with Crippen LogP contribution in [0.5, 0.6) is 5.75 Å². The summed E-state index contributed by atoms with van der Waals surface area (Å²) < 4.78 is 8.76. The normalized spacial score (nSPS) is 12.5. The highest BCUT2D eigenvalue weighted by atomic mass is 32.1. The van der Waals surface area contributed by atoms with Crippen molar-refractivity contribution in [1.82, 2.24) is 19.7 Å². The molecule has 0 amide bonds. The van der Waals surface area contributed by atoms with Crippen molar-refractivity contribution >= 4 is 35.7 Å². The topological polar surface area (TPSA) is 75.7 Å². The van der Waals surface area contributed by atoms with Crippen LogP contribution in [0.2, 0.25) is 0 Å². The van der Waals surface area contributed by atoms with Gasteiger partial charge in [-0.15, -0.1) is 11.3 Å². The lowest BCUT2D eigenvalue weighted by molar-refractivity contribution is 0.415. The second-order valence-corrected chi connectivity index (χ2v) is 7.37. The molecule has 0 saturated heterocycles. The highest BCUT2D eigenvalue weighted by Crippen LogP contribution is 2.12. The highest BCUT2D eigenvalue weighted by Gasteiger charge is 2.06. The molecule has 0 radical (unpaired) electrons. The summed E-state index contributed by atoms with van der Waals surface area (Å²) in [6, 6.07) is 17.2. The molecule has 2 heterocycles. The van der Waals surface area contributed by atoms with E-state index >= 15 is 0 Å². The van der Waals surface area contributed by atoms with E-state index < -0.39 is 0 Å². The molecule has 28 heavy (non-hydrogen) atoms. The third kappa shape index (κ3) is 3.73. The first kappa shape index (κ1) is 18.1. The SMILES string of the molecule is COc1ccc(/C=c2\s/c(=C/c3n[nH]c(=S)n3-c3ccccc3)[nH]c2=O)cc1. The predicted molar refractivity (Wildman–Crippen MR) is 113 cm³/mol. The first-order chi connectivity index (χ1) is 13.6. The first-order valence-corrected chi connectivity index (χ1v) is 9.66. The van der Waals surface area contributed by atoms with Gasteiger partial charge in [-0.05, 0) is 48.1 Å². The fourth-order valence-corrected chi connectivity index (χ4v) is 3.85. The number of methoxy groups -OCH3 is 1. The van der Waals surface area contributed by atoms with Crippen LogP contribution in [0.1, 0.15) is 11.4 Å². The molecule has 140 valence electrons. The fourth-order valence-electron chi connectivity index (χ4n) is 2.73. The third-order valence-corrected chi connectivity index (χ3v) is 5.30. The molecule has 0 aliphatic rings. The number of aromatic amines is 2. The number of rotatable bonds is 4. The third-order valence-electron chi connectivity index (χ3n) is 4.07. The molecule has 4 aromatic rings. The van der Waals surface area contributed by atoms with Gasteiger partial charge in [-0.1, -0.05) is 30.3 Å². The van der Waals surface area contributed by atoms with Crippen LogP contribution in [-0.2, 0) is 0 Å². The molecule has 4 rings (SSSR count). The van der Waals surface area contributed by atoms with Crippen LogP contribution < -0.4 is 19.5 Å². The van der Waals surface area contributed by atoms with Crippen molar-refractivity contribution in [2.75, 3.05) is 7.11 Å². The minimum Gasteiger partial charge on any atom is -0.497 e. The summed E-state index contributed by atoms with van der Waals surface area (Å²) >= 11 is 6.71. The number of ether oxygens (including phenoxy) is 1. The number of H-pyrrole nitrogens is 2. The van der Waals surface area contributed by atoms with Gasteiger partial charge in [-0.3, -0.25) is 14.5 Å². The van der Waals surface area contributed by atoms with E-state index in [9.17, 15) is 4.79 Å². The van der Waals surface area contributed by atoms with E-state index in [1.165, 1.54) is 11.3 Å². The Bertz CT molecular complexity index is 1330. The Morgan fingerprint density at radius 2 is 1.86 bits per heavy atom. The molecule has 0 saturated carbocycles. The van der Waals surface area contributed by atoms with Crippen LogP contribution in [0, 0.1) is 4.77 Å². The fraction of sp³-hybridized carbons (Fsp3) is 0.0500. The summed E-state index contributed by atoms with van der Waals surface area (Å²) in [7, 11) is 1.62. The Morgan fingerprint density at radius 1 is 1.11 bits per heavy atom. The van der Waals surface area contributed by atoms with Gasteiger partial charge in [-0.2, -0.15) is 5.10 Å². The molecule has 0 bridgehead atoms. The second-order valence-electron chi connectivity index (χ2n) is 5.90. The zero-order valence-corrected chi connectivity index (χ0v) is 16.5. The maximum absolute atomic E-state index is 12.3. The van der Waals surface area contributed by atoms with Crippen LogP contribution in [-0.4, -0.2) is 26.9 Å². The summed E-state index contributed by atoms with van der Waals surface area (Å²) in [5.74, 6) is 1.39. The van der Waals surface area contributed by atoms with Crippen molar-refractivity contribution in [3.05, 3.63) is 90.3 Å². The molecule has 2 aromatic carbocycles. The molecule has 0 fully saturated rings. The van der Waals surface area contributed by atoms with E-state index in [4.69, 9.17) is 17.0 Å². The maximum Gasteiger partial charge on any atom is 0.266 e. The molecule has 0 unspecified atom stereocenters. The van der Waals surface area contributed by atoms with Crippen molar-refractivity contribution in [3.63, 3.8) is 0 Å². The van der Waals surface area contributed by atoms with Crippen LogP contribution >= 0.6 is 23.6 Å². The summed E-state index contributed by atoms with van der Waals surface area (Å²) in [5, 5.41) is 7.09. The minimum atomic E-state index is -0.146. The zero-order valence-electron chi connectivity index (χ0n) is 14.9. The van der Waals surface area contributed by atoms with Gasteiger partial charge >= 0.3 is 0 Å². The number of hydrogen-bond acceptors (Lipinski definition) is 5. The molecule has 0 atom stereocenters. The summed E-state index contributed by atoms with van der Waals surface area (Å²) in [6.45, 7) is 0. The Hall–Kier alpha value is -3.23. The maximum atomic E-state index is 12.3. The molecule has 2 aromatic heterocycles. The van der Waals surface area contributed by atoms with Gasteiger partial charge in [0.05, 0.1) is 16.3 Å². The summed E-state index contributed by atoms with van der Waals surface area (Å²) in [5.41, 5.74) is 1.68. The molecule has 8 heteroatoms. The van der Waals surface area contributed by atoms with E-state index in [0.29, 0.717) is 19.8 Å². The number of hydrogen-bond donors (Lipinski definition) is 2. The minimum absolute atomic E-state index is 0.146. The van der Waals surface area contributed by atoms with E-state index in [0.717, 1.165) is 17.0 Å². The van der Waals surface area contributed by atoms with Crippen LogP contribution in [0.25, 0.3) is 17.8 Å². The van der Waals surface area contributed by atoms with Gasteiger partial charge in [0.1, 0.15) is 5.75 Å². The largest absolute Gasteiger partial charge is 0.497 e. The second kappa shape index (κ2) is 7.79. The molecule has 0 spiro atoms. The zero-order chi connectivity index (χ0) is 19.5. The number of aromatic nitrogens is 4. The van der Waals surface area contributed by atoms with Crippen molar-refractivity contribution in [3.8, 4) is 11.4 Å². The highest BCUT2D eigenvalue weighted by molar-refractivity contribution is 7.71. The van der Waals surface area contributed by atoms with Crippen molar-refractivity contribution in [2.45, 2.75) is 0 Å². The van der Waals surface area contributed by atoms with E-state index in [-0.39, 0.29) is 5.56 Å². The van der Waals surface area contributed by atoms with E-state index in [2.05, 4.69) is 15.2 Å². The average molecular weight is 409 g/mol. The van der Waals surface area contributed by atoms with Gasteiger partial charge in [-0.25, -0.2) is 0 Å². The number of thiazole rings is 1. The molecule has 0 aliphatic carbocycles. The van der Waals surface area contributed by atoms with Gasteiger partial charge < -0.3 is 9.72 Å². The average Bonchev–Trinajstić information content (AvgIpc) is 3.25. The lowest BCUT2D eigenvalue weighted by Crippen LogP contribution is -2.19. The summed E-state index contributed by atoms with van der Waals surface area (Å²) in [4.78, 5) is 15.2. The lowest BCUT2D eigenvalue weighted by Gasteiger charge is -2.02. The smallest absolute Gasteiger partial charge is 0.266 e. The lowest BCUT2D eigenvalue weighted by atomic mass is 10.2. The monoisotopic (exact) mass is 408 g/mol. The van der Waals surface area contributed by atoms with Crippen LogP contribution in [0.3, 0.4) is 0 Å².